The minimum atomic E-state index is -1.16. The molecular formula is C22H28N2O4. The molecule has 0 saturated carbocycles. The average Bonchev–Trinajstić information content (AvgIpc) is 2.66. The Balaban J connectivity index is 1.98. The number of hydrogen-bond donors (Lipinski definition) is 3. The summed E-state index contributed by atoms with van der Waals surface area (Å²) < 4.78 is 5.79. The van der Waals surface area contributed by atoms with E-state index in [-0.39, 0.29) is 12.3 Å². The van der Waals surface area contributed by atoms with Crippen LogP contribution >= 0.6 is 0 Å². The summed E-state index contributed by atoms with van der Waals surface area (Å²) in [5, 5.41) is 12.5. The van der Waals surface area contributed by atoms with Crippen LogP contribution in [-0.4, -0.2) is 29.1 Å². The first-order valence-electron chi connectivity index (χ1n) is 9.38. The number of nitrogens with one attached hydrogen (secondary N) is 1. The summed E-state index contributed by atoms with van der Waals surface area (Å²) in [6.45, 7) is 4.24. The van der Waals surface area contributed by atoms with Gasteiger partial charge in [0, 0.05) is 6.42 Å². The number of ether oxygens (including phenoxy) is 1. The van der Waals surface area contributed by atoms with Gasteiger partial charge in [-0.2, -0.15) is 0 Å². The summed E-state index contributed by atoms with van der Waals surface area (Å²) in [4.78, 5) is 23.9. The van der Waals surface area contributed by atoms with E-state index in [1.807, 2.05) is 68.4 Å². The summed E-state index contributed by atoms with van der Waals surface area (Å²) in [5.41, 5.74) is 7.29. The minimum absolute atomic E-state index is 0.159. The summed E-state index contributed by atoms with van der Waals surface area (Å²) in [6.07, 6.45) is -0.625. The Kier molecular flexibility index (Phi) is 8.02. The van der Waals surface area contributed by atoms with Crippen LogP contribution in [0.15, 0.2) is 54.6 Å². The molecule has 0 aliphatic carbocycles. The number of hydrogen-bond acceptors (Lipinski definition) is 4. The number of nitrogens with two attached hydrogens (primary N) is 1. The summed E-state index contributed by atoms with van der Waals surface area (Å²) in [5.74, 6) is -0.420. The molecule has 0 bridgehead atoms. The smallest absolute Gasteiger partial charge is 0.249 e. The van der Waals surface area contributed by atoms with Gasteiger partial charge in [-0.25, -0.2) is 0 Å². The third kappa shape index (κ3) is 7.04. The molecule has 6 heteroatoms. The molecule has 2 amide bonds. The Bertz CT molecular complexity index is 777. The highest BCUT2D eigenvalue weighted by Crippen LogP contribution is 2.17. The highest BCUT2D eigenvalue weighted by molar-refractivity contribution is 5.88. The fraction of sp³-hybridized carbons (Fsp3) is 0.364. The van der Waals surface area contributed by atoms with Gasteiger partial charge in [0.2, 0.25) is 11.8 Å². The molecule has 0 saturated heterocycles. The highest BCUT2D eigenvalue weighted by Gasteiger charge is 2.23. The van der Waals surface area contributed by atoms with Crippen molar-refractivity contribution in [1.29, 1.82) is 0 Å². The largest absolute Gasteiger partial charge is 0.489 e. The Morgan fingerprint density at radius 3 is 2.39 bits per heavy atom. The van der Waals surface area contributed by atoms with E-state index in [9.17, 15) is 14.7 Å². The van der Waals surface area contributed by atoms with Gasteiger partial charge in [-0.15, -0.1) is 0 Å². The van der Waals surface area contributed by atoms with Gasteiger partial charge >= 0.3 is 0 Å². The van der Waals surface area contributed by atoms with E-state index in [1.165, 1.54) is 0 Å². The van der Waals surface area contributed by atoms with Crippen molar-refractivity contribution in [2.24, 2.45) is 11.7 Å². The van der Waals surface area contributed by atoms with Gasteiger partial charge in [-0.3, -0.25) is 9.59 Å². The molecular weight excluding hydrogens is 356 g/mol. The molecule has 0 unspecified atom stereocenters. The number of aliphatic hydroxyl groups is 1. The quantitative estimate of drug-likeness (QED) is 0.584. The van der Waals surface area contributed by atoms with Crippen LogP contribution in [0, 0.1) is 5.92 Å². The number of carbonyl (C=O) groups is 2. The fourth-order valence-electron chi connectivity index (χ4n) is 2.78. The number of benzene rings is 2. The van der Waals surface area contributed by atoms with E-state index in [1.54, 1.807) is 0 Å². The van der Waals surface area contributed by atoms with E-state index in [0.29, 0.717) is 18.8 Å². The fourth-order valence-corrected chi connectivity index (χ4v) is 2.78. The molecule has 2 aromatic carbocycles. The summed E-state index contributed by atoms with van der Waals surface area (Å²) >= 11 is 0. The second kappa shape index (κ2) is 10.5. The van der Waals surface area contributed by atoms with Crippen molar-refractivity contribution in [2.75, 3.05) is 0 Å². The molecule has 0 aliphatic heterocycles. The Morgan fingerprint density at radius 1 is 1.07 bits per heavy atom. The molecule has 0 spiro atoms. The predicted molar refractivity (Wildman–Crippen MR) is 108 cm³/mol. The molecule has 4 N–H and O–H groups in total. The van der Waals surface area contributed by atoms with E-state index in [2.05, 4.69) is 5.32 Å². The first kappa shape index (κ1) is 21.4. The van der Waals surface area contributed by atoms with E-state index in [4.69, 9.17) is 10.5 Å². The van der Waals surface area contributed by atoms with Crippen molar-refractivity contribution in [2.45, 2.75) is 45.4 Å². The maximum absolute atomic E-state index is 12.1. The SMILES string of the molecule is CC(C)C[C@H](O)C(=O)N[C@@H](Cc1cccc(OCc2ccccc2)c1)C(N)=O. The zero-order chi connectivity index (χ0) is 20.5. The topological polar surface area (TPSA) is 102 Å². The lowest BCUT2D eigenvalue weighted by Crippen LogP contribution is -2.49. The number of amides is 2. The van der Waals surface area contributed by atoms with Crippen LogP contribution in [0.1, 0.15) is 31.4 Å². The molecule has 0 aromatic heterocycles. The number of rotatable bonds is 10. The monoisotopic (exact) mass is 384 g/mol. The summed E-state index contributed by atoms with van der Waals surface area (Å²) in [7, 11) is 0. The number of primary amides is 1. The Labute approximate surface area is 165 Å². The van der Waals surface area contributed by atoms with E-state index in [0.717, 1.165) is 11.1 Å². The Morgan fingerprint density at radius 2 is 1.75 bits per heavy atom. The van der Waals surface area contributed by atoms with Crippen LogP contribution in [-0.2, 0) is 22.6 Å². The van der Waals surface area contributed by atoms with Gasteiger partial charge in [0.1, 0.15) is 24.5 Å². The van der Waals surface area contributed by atoms with Gasteiger partial charge in [0.15, 0.2) is 0 Å². The van der Waals surface area contributed by atoms with Crippen LogP contribution in [0.2, 0.25) is 0 Å². The van der Waals surface area contributed by atoms with E-state index >= 15 is 0 Å². The first-order chi connectivity index (χ1) is 13.3. The second-order valence-corrected chi connectivity index (χ2v) is 7.23. The van der Waals surface area contributed by atoms with Crippen molar-refractivity contribution >= 4 is 11.8 Å². The van der Waals surface area contributed by atoms with Crippen molar-refractivity contribution in [3.63, 3.8) is 0 Å². The van der Waals surface area contributed by atoms with Gasteiger partial charge in [-0.1, -0.05) is 56.3 Å². The van der Waals surface area contributed by atoms with Crippen molar-refractivity contribution < 1.29 is 19.4 Å². The molecule has 2 rings (SSSR count). The third-order valence-corrected chi connectivity index (χ3v) is 4.24. The lowest BCUT2D eigenvalue weighted by Gasteiger charge is -2.19. The molecule has 2 aromatic rings. The predicted octanol–water partition coefficient (Wildman–Crippen LogP) is 2.19. The molecule has 0 aliphatic rings. The van der Waals surface area contributed by atoms with Crippen molar-refractivity contribution in [1.82, 2.24) is 5.32 Å². The van der Waals surface area contributed by atoms with Gasteiger partial charge in [0.05, 0.1) is 0 Å². The normalized spacial score (nSPS) is 13.0. The second-order valence-electron chi connectivity index (χ2n) is 7.23. The van der Waals surface area contributed by atoms with Crippen LogP contribution in [0.5, 0.6) is 5.75 Å². The van der Waals surface area contributed by atoms with Crippen LogP contribution in [0.3, 0.4) is 0 Å². The lowest BCUT2D eigenvalue weighted by atomic mass is 10.0. The standard InChI is InChI=1S/C22H28N2O4/c1-15(2)11-20(25)22(27)24-19(21(23)26)13-17-9-6-10-18(12-17)28-14-16-7-4-3-5-8-16/h3-10,12,15,19-20,25H,11,13-14H2,1-2H3,(H2,23,26)(H,24,27)/t19-,20-/m0/s1. The maximum atomic E-state index is 12.1. The minimum Gasteiger partial charge on any atom is -0.489 e. The molecule has 2 atom stereocenters. The first-order valence-corrected chi connectivity index (χ1v) is 9.38. The third-order valence-electron chi connectivity index (χ3n) is 4.24. The van der Waals surface area contributed by atoms with Gasteiger partial charge in [-0.05, 0) is 35.6 Å². The molecule has 0 heterocycles. The number of carbonyl (C=O) groups excluding carboxylic acids is 2. The average molecular weight is 384 g/mol. The summed E-state index contributed by atoms with van der Waals surface area (Å²) in [6, 6.07) is 16.2. The lowest BCUT2D eigenvalue weighted by molar-refractivity contribution is -0.133. The molecule has 6 nitrogen and oxygen atoms in total. The molecule has 150 valence electrons. The number of aliphatic hydroxyl groups excluding tert-OH is 1. The van der Waals surface area contributed by atoms with Crippen LogP contribution in [0.25, 0.3) is 0 Å². The van der Waals surface area contributed by atoms with Gasteiger partial charge < -0.3 is 20.9 Å². The molecule has 28 heavy (non-hydrogen) atoms. The van der Waals surface area contributed by atoms with Crippen molar-refractivity contribution in [3.05, 3.63) is 65.7 Å². The van der Waals surface area contributed by atoms with Crippen LogP contribution in [0.4, 0.5) is 0 Å². The maximum Gasteiger partial charge on any atom is 0.249 e. The molecule has 0 radical (unpaired) electrons. The zero-order valence-electron chi connectivity index (χ0n) is 16.3. The van der Waals surface area contributed by atoms with E-state index < -0.39 is 24.0 Å². The van der Waals surface area contributed by atoms with Crippen molar-refractivity contribution in [3.8, 4) is 5.75 Å². The highest BCUT2D eigenvalue weighted by atomic mass is 16.5. The van der Waals surface area contributed by atoms with Crippen LogP contribution < -0.4 is 15.8 Å². The zero-order valence-corrected chi connectivity index (χ0v) is 16.3. The molecule has 0 fully saturated rings. The Hall–Kier alpha value is -2.86. The van der Waals surface area contributed by atoms with Gasteiger partial charge in [0.25, 0.3) is 0 Å².